The van der Waals surface area contributed by atoms with Gasteiger partial charge in [0.05, 0.1) is 9.82 Å². The van der Waals surface area contributed by atoms with Gasteiger partial charge in [-0.05, 0) is 12.1 Å². The number of nitro groups is 1. The Kier molecular flexibility index (Phi) is 5.39. The van der Waals surface area contributed by atoms with Crippen molar-refractivity contribution in [2.24, 2.45) is 0 Å². The quantitative estimate of drug-likeness (QED) is 0.538. The molecule has 4 rings (SSSR count). The Morgan fingerprint density at radius 2 is 1.72 bits per heavy atom. The van der Waals surface area contributed by atoms with Gasteiger partial charge in [-0.3, -0.25) is 15.0 Å². The van der Waals surface area contributed by atoms with Crippen LogP contribution in [0.3, 0.4) is 0 Å². The largest absolute Gasteiger partial charge is 0.486 e. The number of benzene rings is 2. The number of para-hydroxylation sites is 1. The number of fused-ring (bicyclic) bond motifs is 1. The number of sulfonamides is 1. The number of non-ortho nitro benzene ring substituents is 1. The predicted octanol–water partition coefficient (Wildman–Crippen LogP) is 1.87. The molecule has 0 N–H and O–H groups in total. The molecule has 2 aromatic rings. The summed E-state index contributed by atoms with van der Waals surface area (Å²) in [4.78, 5) is 12.5. The summed E-state index contributed by atoms with van der Waals surface area (Å²) in [7, 11) is -3.77. The van der Waals surface area contributed by atoms with E-state index in [1.54, 1.807) is 0 Å². The molecule has 2 aliphatic rings. The molecule has 0 saturated carbocycles. The van der Waals surface area contributed by atoms with E-state index in [1.165, 1.54) is 22.5 Å². The first kappa shape index (κ1) is 19.6. The summed E-state index contributed by atoms with van der Waals surface area (Å²) in [5, 5.41) is 10.9. The lowest BCUT2D eigenvalue weighted by molar-refractivity contribution is -0.385. The van der Waals surface area contributed by atoms with E-state index in [4.69, 9.17) is 9.47 Å². The first-order valence-electron chi connectivity index (χ1n) is 9.29. The molecule has 0 spiro atoms. The van der Waals surface area contributed by atoms with Crippen molar-refractivity contribution >= 4 is 15.7 Å². The summed E-state index contributed by atoms with van der Waals surface area (Å²) in [5.74, 6) is 1.49. The number of hydrogen-bond donors (Lipinski definition) is 0. The third-order valence-electron chi connectivity index (χ3n) is 5.04. The van der Waals surface area contributed by atoms with Crippen LogP contribution < -0.4 is 9.47 Å². The highest BCUT2D eigenvalue weighted by atomic mass is 32.2. The van der Waals surface area contributed by atoms with E-state index in [-0.39, 0.29) is 10.6 Å². The normalized spacial score (nSPS) is 17.8. The van der Waals surface area contributed by atoms with Crippen molar-refractivity contribution in [3.63, 3.8) is 0 Å². The van der Waals surface area contributed by atoms with E-state index in [0.717, 1.165) is 23.1 Å². The zero-order chi connectivity index (χ0) is 20.4. The first-order chi connectivity index (χ1) is 13.9. The second-order valence-electron chi connectivity index (χ2n) is 6.88. The molecule has 0 aromatic heterocycles. The second-order valence-corrected chi connectivity index (χ2v) is 8.81. The van der Waals surface area contributed by atoms with Crippen molar-refractivity contribution in [2.75, 3.05) is 39.4 Å². The highest BCUT2D eigenvalue weighted by Crippen LogP contribution is 2.34. The smallest absolute Gasteiger partial charge is 0.270 e. The molecular formula is C19H21N3O6S. The van der Waals surface area contributed by atoms with Crippen LogP contribution in [0.2, 0.25) is 0 Å². The van der Waals surface area contributed by atoms with E-state index in [2.05, 4.69) is 4.90 Å². The van der Waals surface area contributed by atoms with Crippen LogP contribution in [0.1, 0.15) is 5.56 Å². The van der Waals surface area contributed by atoms with Crippen LogP contribution in [0.25, 0.3) is 0 Å². The lowest BCUT2D eigenvalue weighted by Crippen LogP contribution is -2.48. The minimum absolute atomic E-state index is 0.0529. The van der Waals surface area contributed by atoms with Gasteiger partial charge in [0.2, 0.25) is 10.0 Å². The molecule has 0 unspecified atom stereocenters. The number of rotatable bonds is 5. The van der Waals surface area contributed by atoms with Crippen molar-refractivity contribution < 1.29 is 22.8 Å². The van der Waals surface area contributed by atoms with Gasteiger partial charge in [0, 0.05) is 50.4 Å². The Morgan fingerprint density at radius 1 is 1.00 bits per heavy atom. The van der Waals surface area contributed by atoms with Crippen LogP contribution in [0.4, 0.5) is 5.69 Å². The Morgan fingerprint density at radius 3 is 2.48 bits per heavy atom. The topological polar surface area (TPSA) is 102 Å². The van der Waals surface area contributed by atoms with Gasteiger partial charge in [0.1, 0.15) is 13.2 Å². The van der Waals surface area contributed by atoms with Crippen molar-refractivity contribution in [3.8, 4) is 11.5 Å². The summed E-state index contributed by atoms with van der Waals surface area (Å²) in [6, 6.07) is 11.0. The van der Waals surface area contributed by atoms with Crippen LogP contribution in [-0.4, -0.2) is 61.9 Å². The van der Waals surface area contributed by atoms with Gasteiger partial charge in [-0.15, -0.1) is 0 Å². The standard InChI is InChI=1S/C19H21N3O6S/c23-22(24)16-4-2-5-17(13-16)29(25,26)21-9-7-20(8-10-21)14-15-3-1-6-18-19(15)28-12-11-27-18/h1-6,13H,7-12,14H2. The van der Waals surface area contributed by atoms with Gasteiger partial charge in [-0.25, -0.2) is 8.42 Å². The van der Waals surface area contributed by atoms with Crippen molar-refractivity contribution in [2.45, 2.75) is 11.4 Å². The van der Waals surface area contributed by atoms with E-state index < -0.39 is 14.9 Å². The van der Waals surface area contributed by atoms with E-state index in [9.17, 15) is 18.5 Å². The SMILES string of the molecule is O=[N+]([O-])c1cccc(S(=O)(=O)N2CCN(Cc3cccc4c3OCCO4)CC2)c1. The molecule has 9 nitrogen and oxygen atoms in total. The molecule has 1 fully saturated rings. The zero-order valence-corrected chi connectivity index (χ0v) is 16.5. The van der Waals surface area contributed by atoms with Gasteiger partial charge < -0.3 is 9.47 Å². The zero-order valence-electron chi connectivity index (χ0n) is 15.7. The fourth-order valence-electron chi connectivity index (χ4n) is 3.53. The summed E-state index contributed by atoms with van der Waals surface area (Å²) >= 11 is 0. The van der Waals surface area contributed by atoms with Gasteiger partial charge in [0.15, 0.2) is 11.5 Å². The highest BCUT2D eigenvalue weighted by molar-refractivity contribution is 7.89. The minimum atomic E-state index is -3.77. The molecule has 0 radical (unpaired) electrons. The fourth-order valence-corrected chi connectivity index (χ4v) is 5.00. The monoisotopic (exact) mass is 419 g/mol. The average Bonchev–Trinajstić information content (AvgIpc) is 2.74. The molecule has 1 saturated heterocycles. The number of nitro benzene ring substituents is 1. The number of hydrogen-bond acceptors (Lipinski definition) is 7. The lowest BCUT2D eigenvalue weighted by Gasteiger charge is -2.34. The highest BCUT2D eigenvalue weighted by Gasteiger charge is 2.30. The molecule has 0 atom stereocenters. The molecule has 29 heavy (non-hydrogen) atoms. The molecule has 2 heterocycles. The van der Waals surface area contributed by atoms with Crippen LogP contribution in [0.5, 0.6) is 11.5 Å². The number of piperazine rings is 1. The summed E-state index contributed by atoms with van der Waals surface area (Å²) < 4.78 is 38.5. The molecule has 2 aliphatic heterocycles. The Labute approximate surface area is 168 Å². The predicted molar refractivity (Wildman–Crippen MR) is 105 cm³/mol. The first-order valence-corrected chi connectivity index (χ1v) is 10.7. The fraction of sp³-hybridized carbons (Fsp3) is 0.368. The number of ether oxygens (including phenoxy) is 2. The van der Waals surface area contributed by atoms with Crippen molar-refractivity contribution in [1.29, 1.82) is 0 Å². The molecular weight excluding hydrogens is 398 g/mol. The van der Waals surface area contributed by atoms with Crippen molar-refractivity contribution in [3.05, 3.63) is 58.1 Å². The molecule has 10 heteroatoms. The maximum absolute atomic E-state index is 12.9. The maximum Gasteiger partial charge on any atom is 0.270 e. The van der Waals surface area contributed by atoms with Gasteiger partial charge in [-0.1, -0.05) is 18.2 Å². The van der Waals surface area contributed by atoms with Gasteiger partial charge >= 0.3 is 0 Å². The third-order valence-corrected chi connectivity index (χ3v) is 6.93. The summed E-state index contributed by atoms with van der Waals surface area (Å²) in [6.45, 7) is 3.42. The molecule has 0 aliphatic carbocycles. The Bertz CT molecular complexity index is 1020. The Hall–Kier alpha value is -2.69. The van der Waals surface area contributed by atoms with Crippen LogP contribution >= 0.6 is 0 Å². The Balaban J connectivity index is 1.43. The van der Waals surface area contributed by atoms with Crippen molar-refractivity contribution in [1.82, 2.24) is 9.21 Å². The average molecular weight is 419 g/mol. The summed E-state index contributed by atoms with van der Waals surface area (Å²) in [5.41, 5.74) is 0.776. The van der Waals surface area contributed by atoms with Gasteiger partial charge in [-0.2, -0.15) is 4.31 Å². The van der Waals surface area contributed by atoms with Gasteiger partial charge in [0.25, 0.3) is 5.69 Å². The molecule has 0 bridgehead atoms. The summed E-state index contributed by atoms with van der Waals surface area (Å²) in [6.07, 6.45) is 0. The molecule has 2 aromatic carbocycles. The van der Waals surface area contributed by atoms with E-state index >= 15 is 0 Å². The lowest BCUT2D eigenvalue weighted by atomic mass is 10.1. The maximum atomic E-state index is 12.9. The van der Waals surface area contributed by atoms with Crippen LogP contribution in [0.15, 0.2) is 47.4 Å². The van der Waals surface area contributed by atoms with E-state index in [1.807, 2.05) is 18.2 Å². The number of nitrogens with zero attached hydrogens (tertiary/aromatic N) is 3. The molecule has 0 amide bonds. The van der Waals surface area contributed by atoms with E-state index in [0.29, 0.717) is 45.9 Å². The second kappa shape index (κ2) is 7.97. The van der Waals surface area contributed by atoms with Crippen LogP contribution in [-0.2, 0) is 16.6 Å². The van der Waals surface area contributed by atoms with Crippen LogP contribution in [0, 0.1) is 10.1 Å². The minimum Gasteiger partial charge on any atom is -0.486 e. The third kappa shape index (κ3) is 4.04. The molecule has 154 valence electrons.